The zero-order valence-electron chi connectivity index (χ0n) is 18.0. The van der Waals surface area contributed by atoms with Crippen molar-refractivity contribution in [1.29, 1.82) is 0 Å². The Balaban J connectivity index is 1.48. The van der Waals surface area contributed by atoms with Gasteiger partial charge in [0, 0.05) is 11.3 Å². The number of carbonyl (C=O) groups excluding carboxylic acids is 2. The van der Waals surface area contributed by atoms with Gasteiger partial charge in [-0.3, -0.25) is 19.5 Å². The van der Waals surface area contributed by atoms with Crippen LogP contribution in [0.1, 0.15) is 26.8 Å². The van der Waals surface area contributed by atoms with Crippen LogP contribution in [-0.2, 0) is 11.3 Å². The molecular weight excluding hydrogens is 458 g/mol. The van der Waals surface area contributed by atoms with Crippen LogP contribution in [0, 0.1) is 13.8 Å². The number of para-hydroxylation sites is 1. The third kappa shape index (κ3) is 5.82. The molecule has 0 bridgehead atoms. The molecule has 2 N–H and O–H groups in total. The third-order valence-corrected chi connectivity index (χ3v) is 6.19. The number of amides is 2. The highest BCUT2D eigenvalue weighted by Gasteiger charge is 2.17. The van der Waals surface area contributed by atoms with Crippen molar-refractivity contribution in [2.24, 2.45) is 0 Å². The fraction of sp³-hybridized carbons (Fsp3) is 0.182. The van der Waals surface area contributed by atoms with E-state index >= 15 is 0 Å². The number of aromatic nitrogens is 5. The number of aryl methyl sites for hydroxylation is 2. The lowest BCUT2D eigenvalue weighted by molar-refractivity contribution is -0.113. The van der Waals surface area contributed by atoms with Crippen molar-refractivity contribution >= 4 is 40.0 Å². The van der Waals surface area contributed by atoms with Crippen LogP contribution in [0.2, 0.25) is 0 Å². The molecule has 0 fully saturated rings. The number of nitrogens with one attached hydrogen (secondary N) is 2. The molecule has 2 aromatic carbocycles. The predicted octanol–water partition coefficient (Wildman–Crippen LogP) is 3.40. The highest BCUT2D eigenvalue weighted by atomic mass is 32.2. The number of rotatable bonds is 8. The van der Waals surface area contributed by atoms with Gasteiger partial charge in [0.1, 0.15) is 5.01 Å². The van der Waals surface area contributed by atoms with Gasteiger partial charge in [0.25, 0.3) is 5.91 Å². The number of carbonyl (C=O) groups is 2. The smallest absolute Gasteiger partial charge is 0.251 e. The van der Waals surface area contributed by atoms with Crippen LogP contribution >= 0.6 is 23.1 Å². The molecule has 0 radical (unpaired) electrons. The van der Waals surface area contributed by atoms with Crippen molar-refractivity contribution in [1.82, 2.24) is 30.3 Å². The first-order valence-corrected chi connectivity index (χ1v) is 11.9. The lowest BCUT2D eigenvalue weighted by Gasteiger charge is -2.11. The van der Waals surface area contributed by atoms with Crippen LogP contribution in [0.15, 0.2) is 59.8 Å². The van der Waals surface area contributed by atoms with Gasteiger partial charge in [0.05, 0.1) is 12.3 Å². The molecule has 2 amide bonds. The van der Waals surface area contributed by atoms with Gasteiger partial charge >= 0.3 is 0 Å². The van der Waals surface area contributed by atoms with Gasteiger partial charge in [-0.15, -0.1) is 20.4 Å². The molecule has 11 heteroatoms. The molecule has 2 aromatic heterocycles. The Kier molecular flexibility index (Phi) is 7.10. The molecule has 0 unspecified atom stereocenters. The molecule has 0 saturated carbocycles. The average Bonchev–Trinajstić information content (AvgIpc) is 3.42. The van der Waals surface area contributed by atoms with Crippen molar-refractivity contribution in [3.05, 3.63) is 76.6 Å². The molecule has 9 nitrogen and oxygen atoms in total. The summed E-state index contributed by atoms with van der Waals surface area (Å²) in [4.78, 5) is 24.9. The maximum Gasteiger partial charge on any atom is 0.251 e. The van der Waals surface area contributed by atoms with E-state index in [2.05, 4.69) is 31.0 Å². The molecule has 2 heterocycles. The fourth-order valence-electron chi connectivity index (χ4n) is 3.02. The van der Waals surface area contributed by atoms with Crippen molar-refractivity contribution in [3.8, 4) is 5.69 Å². The van der Waals surface area contributed by atoms with E-state index in [1.807, 2.05) is 66.9 Å². The Bertz CT molecular complexity index is 1270. The predicted molar refractivity (Wildman–Crippen MR) is 128 cm³/mol. The Morgan fingerprint density at radius 2 is 1.82 bits per heavy atom. The van der Waals surface area contributed by atoms with Crippen LogP contribution in [0.5, 0.6) is 0 Å². The number of hydrogen-bond donors (Lipinski definition) is 2. The monoisotopic (exact) mass is 479 g/mol. The first-order valence-electron chi connectivity index (χ1n) is 10.1. The molecule has 168 valence electrons. The van der Waals surface area contributed by atoms with E-state index < -0.39 is 0 Å². The van der Waals surface area contributed by atoms with Crippen LogP contribution < -0.4 is 10.6 Å². The fourth-order valence-corrected chi connectivity index (χ4v) is 4.40. The zero-order valence-corrected chi connectivity index (χ0v) is 19.6. The summed E-state index contributed by atoms with van der Waals surface area (Å²) < 4.78 is 1.84. The van der Waals surface area contributed by atoms with E-state index in [4.69, 9.17) is 0 Å². The van der Waals surface area contributed by atoms with Crippen molar-refractivity contribution < 1.29 is 9.59 Å². The van der Waals surface area contributed by atoms with Crippen molar-refractivity contribution in [2.45, 2.75) is 25.5 Å². The summed E-state index contributed by atoms with van der Waals surface area (Å²) in [5.74, 6) is 0.277. The summed E-state index contributed by atoms with van der Waals surface area (Å²) in [5, 5.41) is 23.7. The molecule has 4 aromatic rings. The maximum atomic E-state index is 12.6. The summed E-state index contributed by atoms with van der Waals surface area (Å²) in [6, 6.07) is 16.9. The van der Waals surface area contributed by atoms with E-state index in [1.165, 1.54) is 23.1 Å². The lowest BCUT2D eigenvalue weighted by atomic mass is 10.1. The topological polar surface area (TPSA) is 115 Å². The maximum absolute atomic E-state index is 12.6. The highest BCUT2D eigenvalue weighted by molar-refractivity contribution is 7.99. The van der Waals surface area contributed by atoms with Gasteiger partial charge in [-0.1, -0.05) is 59.0 Å². The van der Waals surface area contributed by atoms with Crippen LogP contribution in [0.3, 0.4) is 0 Å². The first kappa shape index (κ1) is 22.6. The van der Waals surface area contributed by atoms with E-state index in [0.29, 0.717) is 21.7 Å². The van der Waals surface area contributed by atoms with Gasteiger partial charge in [-0.2, -0.15) is 0 Å². The second-order valence-electron chi connectivity index (χ2n) is 7.09. The Labute approximate surface area is 198 Å². The number of nitrogens with zero attached hydrogens (tertiary/aromatic N) is 5. The summed E-state index contributed by atoms with van der Waals surface area (Å²) in [6.07, 6.45) is 0. The molecule has 0 spiro atoms. The van der Waals surface area contributed by atoms with Crippen LogP contribution in [0.4, 0.5) is 5.13 Å². The molecular formula is C22H21N7O2S2. The quantitative estimate of drug-likeness (QED) is 0.372. The molecule has 0 aliphatic carbocycles. The Morgan fingerprint density at radius 1 is 1.00 bits per heavy atom. The Hall–Kier alpha value is -3.57. The van der Waals surface area contributed by atoms with Crippen LogP contribution in [0.25, 0.3) is 5.69 Å². The molecule has 4 rings (SSSR count). The third-order valence-electron chi connectivity index (χ3n) is 4.51. The Morgan fingerprint density at radius 3 is 2.55 bits per heavy atom. The SMILES string of the molecule is Cc1cccc(C(=O)NCc2nnc(SCC(=O)Nc3nnc(C)s3)n2-c2ccccc2)c1. The number of hydrogen-bond acceptors (Lipinski definition) is 8. The minimum Gasteiger partial charge on any atom is -0.345 e. The highest BCUT2D eigenvalue weighted by Crippen LogP contribution is 2.23. The van der Waals surface area contributed by atoms with E-state index in [1.54, 1.807) is 6.07 Å². The number of benzene rings is 2. The first-order chi connectivity index (χ1) is 16.0. The largest absolute Gasteiger partial charge is 0.345 e. The van der Waals surface area contributed by atoms with E-state index in [9.17, 15) is 9.59 Å². The average molecular weight is 480 g/mol. The van der Waals surface area contributed by atoms with Crippen LogP contribution in [-0.4, -0.2) is 42.5 Å². The van der Waals surface area contributed by atoms with E-state index in [-0.39, 0.29) is 24.1 Å². The number of anilines is 1. The summed E-state index contributed by atoms with van der Waals surface area (Å²) >= 11 is 2.56. The minimum atomic E-state index is -0.215. The van der Waals surface area contributed by atoms with Gasteiger partial charge in [-0.05, 0) is 38.1 Å². The van der Waals surface area contributed by atoms with Crippen molar-refractivity contribution in [2.75, 3.05) is 11.1 Å². The van der Waals surface area contributed by atoms with Crippen molar-refractivity contribution in [3.63, 3.8) is 0 Å². The van der Waals surface area contributed by atoms with Gasteiger partial charge < -0.3 is 5.32 Å². The molecule has 0 saturated heterocycles. The summed E-state index contributed by atoms with van der Waals surface area (Å²) in [5.41, 5.74) is 2.43. The van der Waals surface area contributed by atoms with Gasteiger partial charge in [0.2, 0.25) is 11.0 Å². The van der Waals surface area contributed by atoms with E-state index in [0.717, 1.165) is 16.3 Å². The minimum absolute atomic E-state index is 0.124. The lowest BCUT2D eigenvalue weighted by Crippen LogP contribution is -2.24. The standard InChI is InChI=1S/C22H21N7O2S2/c1-14-7-6-8-16(11-14)20(31)23-12-18-26-28-22(29(18)17-9-4-3-5-10-17)32-13-19(30)24-21-27-25-15(2)33-21/h3-11H,12-13H2,1-2H3,(H,23,31)(H,24,27,30). The zero-order chi connectivity index (χ0) is 23.2. The summed E-state index contributed by atoms with van der Waals surface area (Å²) in [6.45, 7) is 3.95. The second kappa shape index (κ2) is 10.4. The molecule has 0 aliphatic heterocycles. The van der Waals surface area contributed by atoms with Gasteiger partial charge in [-0.25, -0.2) is 0 Å². The molecule has 33 heavy (non-hydrogen) atoms. The molecule has 0 atom stereocenters. The summed E-state index contributed by atoms with van der Waals surface area (Å²) in [7, 11) is 0. The number of thioether (sulfide) groups is 1. The normalized spacial score (nSPS) is 10.7. The molecule has 0 aliphatic rings. The second-order valence-corrected chi connectivity index (χ2v) is 9.21. The van der Waals surface area contributed by atoms with Gasteiger partial charge in [0.15, 0.2) is 11.0 Å².